The van der Waals surface area contributed by atoms with Crippen LogP contribution in [0.25, 0.3) is 0 Å². The van der Waals surface area contributed by atoms with Crippen molar-refractivity contribution in [3.63, 3.8) is 0 Å². The molecule has 5 unspecified atom stereocenters. The monoisotopic (exact) mass is 389 g/mol. The van der Waals surface area contributed by atoms with Gasteiger partial charge in [0.05, 0.1) is 12.1 Å². The maximum absolute atomic E-state index is 12.3. The van der Waals surface area contributed by atoms with Crippen molar-refractivity contribution in [2.75, 3.05) is 0 Å². The number of aliphatic hydroxyl groups is 1. The van der Waals surface area contributed by atoms with E-state index in [2.05, 4.69) is 16.0 Å². The molecule has 0 aromatic rings. The second kappa shape index (κ2) is 11.1. The van der Waals surface area contributed by atoms with Crippen LogP contribution in [0.15, 0.2) is 0 Å². The molecule has 12 nitrogen and oxygen atoms in total. The average molecular weight is 389 g/mol. The lowest BCUT2D eigenvalue weighted by molar-refractivity contribution is -0.143. The number of hydrogen-bond acceptors (Lipinski definition) is 7. The molecule has 9 N–H and O–H groups in total. The predicted molar refractivity (Wildman–Crippen MR) is 92.9 cm³/mol. The highest BCUT2D eigenvalue weighted by atomic mass is 16.4. The minimum absolute atomic E-state index is 0.252. The number of carboxylic acids is 1. The SMILES string of the molecule is CC(N)C(=O)NC(C)C(=O)NC(C(=O)NC(CCC(N)=O)C(=O)O)C(C)O. The smallest absolute Gasteiger partial charge is 0.326 e. The van der Waals surface area contributed by atoms with Crippen molar-refractivity contribution in [2.24, 2.45) is 11.5 Å². The fraction of sp³-hybridized carbons (Fsp3) is 0.667. The lowest BCUT2D eigenvalue weighted by Crippen LogP contribution is -2.59. The van der Waals surface area contributed by atoms with Crippen LogP contribution in [-0.4, -0.2) is 70.1 Å². The molecule has 0 saturated carbocycles. The first-order valence-electron chi connectivity index (χ1n) is 8.22. The molecule has 0 aromatic carbocycles. The molecule has 0 aliphatic heterocycles. The molecule has 0 rings (SSSR count). The van der Waals surface area contributed by atoms with Crippen LogP contribution in [0.4, 0.5) is 0 Å². The minimum Gasteiger partial charge on any atom is -0.480 e. The van der Waals surface area contributed by atoms with E-state index in [1.807, 2.05) is 0 Å². The molecule has 0 bridgehead atoms. The zero-order valence-corrected chi connectivity index (χ0v) is 15.4. The van der Waals surface area contributed by atoms with Crippen LogP contribution in [0.5, 0.6) is 0 Å². The largest absolute Gasteiger partial charge is 0.480 e. The van der Waals surface area contributed by atoms with Gasteiger partial charge in [-0.3, -0.25) is 19.2 Å². The van der Waals surface area contributed by atoms with Crippen LogP contribution in [0.3, 0.4) is 0 Å². The quantitative estimate of drug-likeness (QED) is 0.188. The second-order valence-corrected chi connectivity index (χ2v) is 6.15. The topological polar surface area (TPSA) is 214 Å². The number of nitrogens with one attached hydrogen (secondary N) is 3. The molecule has 0 aliphatic carbocycles. The number of aliphatic carboxylic acids is 1. The van der Waals surface area contributed by atoms with Crippen molar-refractivity contribution in [3.05, 3.63) is 0 Å². The van der Waals surface area contributed by atoms with Crippen LogP contribution in [0.2, 0.25) is 0 Å². The van der Waals surface area contributed by atoms with Gasteiger partial charge in [-0.2, -0.15) is 0 Å². The summed E-state index contributed by atoms with van der Waals surface area (Å²) in [6.07, 6.45) is -1.89. The molecule has 0 radical (unpaired) electrons. The maximum atomic E-state index is 12.3. The summed E-state index contributed by atoms with van der Waals surface area (Å²) in [5, 5.41) is 25.5. The molecule has 154 valence electrons. The van der Waals surface area contributed by atoms with Crippen molar-refractivity contribution >= 4 is 29.6 Å². The van der Waals surface area contributed by atoms with Crippen molar-refractivity contribution in [1.29, 1.82) is 0 Å². The first-order chi connectivity index (χ1) is 12.4. The van der Waals surface area contributed by atoms with Crippen LogP contribution in [0, 0.1) is 0 Å². The summed E-state index contributed by atoms with van der Waals surface area (Å²) >= 11 is 0. The van der Waals surface area contributed by atoms with Gasteiger partial charge in [-0.05, 0) is 27.2 Å². The van der Waals surface area contributed by atoms with Crippen molar-refractivity contribution in [1.82, 2.24) is 16.0 Å². The Hall–Kier alpha value is -2.73. The number of carboxylic acid groups (broad SMARTS) is 1. The van der Waals surface area contributed by atoms with Gasteiger partial charge in [0.15, 0.2) is 0 Å². The number of nitrogens with two attached hydrogens (primary N) is 2. The fourth-order valence-electron chi connectivity index (χ4n) is 1.90. The highest BCUT2D eigenvalue weighted by Gasteiger charge is 2.31. The van der Waals surface area contributed by atoms with E-state index in [-0.39, 0.29) is 12.8 Å². The van der Waals surface area contributed by atoms with Gasteiger partial charge in [0.1, 0.15) is 18.1 Å². The van der Waals surface area contributed by atoms with E-state index in [4.69, 9.17) is 16.6 Å². The lowest BCUT2D eigenvalue weighted by atomic mass is 10.1. The fourth-order valence-corrected chi connectivity index (χ4v) is 1.90. The molecule has 0 saturated heterocycles. The zero-order chi connectivity index (χ0) is 21.3. The van der Waals surface area contributed by atoms with E-state index < -0.39 is 59.9 Å². The van der Waals surface area contributed by atoms with Crippen molar-refractivity contribution in [2.45, 2.75) is 63.9 Å². The van der Waals surface area contributed by atoms with E-state index in [9.17, 15) is 29.1 Å². The van der Waals surface area contributed by atoms with E-state index in [1.165, 1.54) is 20.8 Å². The molecule has 0 aliphatic rings. The molecule has 4 amide bonds. The average Bonchev–Trinajstić information content (AvgIpc) is 2.54. The van der Waals surface area contributed by atoms with Gasteiger partial charge in [-0.1, -0.05) is 0 Å². The molecule has 12 heteroatoms. The summed E-state index contributed by atoms with van der Waals surface area (Å²) < 4.78 is 0. The summed E-state index contributed by atoms with van der Waals surface area (Å²) in [7, 11) is 0. The third kappa shape index (κ3) is 8.96. The first-order valence-corrected chi connectivity index (χ1v) is 8.22. The van der Waals surface area contributed by atoms with Crippen LogP contribution >= 0.6 is 0 Å². The molecule has 27 heavy (non-hydrogen) atoms. The zero-order valence-electron chi connectivity index (χ0n) is 15.4. The second-order valence-electron chi connectivity index (χ2n) is 6.15. The lowest BCUT2D eigenvalue weighted by Gasteiger charge is -2.25. The highest BCUT2D eigenvalue weighted by molar-refractivity contribution is 5.94. The molecule has 0 fully saturated rings. The maximum Gasteiger partial charge on any atom is 0.326 e. The van der Waals surface area contributed by atoms with Gasteiger partial charge < -0.3 is 37.6 Å². The molecular weight excluding hydrogens is 362 g/mol. The Balaban J connectivity index is 5.01. The summed E-state index contributed by atoms with van der Waals surface area (Å²) in [4.78, 5) is 57.9. The summed E-state index contributed by atoms with van der Waals surface area (Å²) in [5.74, 6) is -4.49. The van der Waals surface area contributed by atoms with E-state index in [0.29, 0.717) is 0 Å². The standard InChI is InChI=1S/C15H27N5O7/c1-6(16)12(23)18-7(2)13(24)20-11(8(3)21)14(25)19-9(15(26)27)4-5-10(17)22/h6-9,11,21H,4-5,16H2,1-3H3,(H2,17,22)(H,18,23)(H,19,25)(H,20,24)(H,26,27). The van der Waals surface area contributed by atoms with Gasteiger partial charge in [0.2, 0.25) is 23.6 Å². The Morgan fingerprint density at radius 2 is 1.48 bits per heavy atom. The van der Waals surface area contributed by atoms with Gasteiger partial charge in [-0.25, -0.2) is 4.79 Å². The Morgan fingerprint density at radius 3 is 1.89 bits per heavy atom. The van der Waals surface area contributed by atoms with Gasteiger partial charge >= 0.3 is 5.97 Å². The number of primary amides is 1. The molecule has 5 atom stereocenters. The van der Waals surface area contributed by atoms with E-state index >= 15 is 0 Å². The number of rotatable bonds is 11. The van der Waals surface area contributed by atoms with Crippen molar-refractivity contribution in [3.8, 4) is 0 Å². The summed E-state index contributed by atoms with van der Waals surface area (Å²) in [6, 6.07) is -4.82. The number of amides is 4. The highest BCUT2D eigenvalue weighted by Crippen LogP contribution is 2.01. The number of hydrogen-bond donors (Lipinski definition) is 7. The van der Waals surface area contributed by atoms with Gasteiger partial charge in [0, 0.05) is 6.42 Å². The van der Waals surface area contributed by atoms with Gasteiger partial charge in [-0.15, -0.1) is 0 Å². The summed E-state index contributed by atoms with van der Waals surface area (Å²) in [6.45, 7) is 3.98. The molecular formula is C15H27N5O7. The van der Waals surface area contributed by atoms with Crippen LogP contribution in [-0.2, 0) is 24.0 Å². The van der Waals surface area contributed by atoms with Crippen LogP contribution in [0.1, 0.15) is 33.6 Å². The van der Waals surface area contributed by atoms with Crippen LogP contribution < -0.4 is 27.4 Å². The molecule has 0 spiro atoms. The molecule has 0 aromatic heterocycles. The Bertz CT molecular complexity index is 579. The Labute approximate surface area is 156 Å². The number of carbonyl (C=O) groups is 5. The third-order valence-corrected chi connectivity index (χ3v) is 3.52. The normalized spacial score (nSPS) is 16.2. The van der Waals surface area contributed by atoms with Crippen molar-refractivity contribution < 1.29 is 34.2 Å². The number of carbonyl (C=O) groups excluding carboxylic acids is 4. The number of aliphatic hydroxyl groups excluding tert-OH is 1. The van der Waals surface area contributed by atoms with E-state index in [1.54, 1.807) is 0 Å². The van der Waals surface area contributed by atoms with E-state index in [0.717, 1.165) is 0 Å². The Kier molecular flexibility index (Phi) is 9.96. The first kappa shape index (κ1) is 24.3. The predicted octanol–water partition coefficient (Wildman–Crippen LogP) is -3.46. The molecule has 0 heterocycles. The summed E-state index contributed by atoms with van der Waals surface area (Å²) in [5.41, 5.74) is 10.3. The third-order valence-electron chi connectivity index (χ3n) is 3.52. The van der Waals surface area contributed by atoms with Gasteiger partial charge in [0.25, 0.3) is 0 Å². The Morgan fingerprint density at radius 1 is 0.926 bits per heavy atom. The minimum atomic E-state index is -1.48.